The van der Waals surface area contributed by atoms with Gasteiger partial charge in [0.2, 0.25) is 0 Å². The molecular weight excluding hydrogens is 462 g/mol. The lowest BCUT2D eigenvalue weighted by molar-refractivity contribution is -0.000260. The molecule has 0 spiro atoms. The molecule has 1 N–H and O–H groups in total. The Morgan fingerprint density at radius 3 is 2.85 bits per heavy atom. The second-order valence-electron chi connectivity index (χ2n) is 7.85. The van der Waals surface area contributed by atoms with Crippen molar-refractivity contribution in [1.82, 2.24) is 10.3 Å². The van der Waals surface area contributed by atoms with Gasteiger partial charge < -0.3 is 24.4 Å². The van der Waals surface area contributed by atoms with E-state index in [-0.39, 0.29) is 12.0 Å². The molecule has 5 rings (SSSR count). The first kappa shape index (κ1) is 22.2. The number of nitrogens with zero attached hydrogens (tertiary/aromatic N) is 2. The number of ether oxygens (including phenoxy) is 3. The van der Waals surface area contributed by atoms with Crippen LogP contribution in [0.4, 0.5) is 5.69 Å². The molecule has 0 unspecified atom stereocenters. The smallest absolute Gasteiger partial charge is 0.270 e. The second kappa shape index (κ2) is 9.69. The van der Waals surface area contributed by atoms with Crippen molar-refractivity contribution in [2.45, 2.75) is 12.5 Å². The van der Waals surface area contributed by atoms with Crippen LogP contribution in [0.1, 0.15) is 15.4 Å². The van der Waals surface area contributed by atoms with Crippen LogP contribution in [0.25, 0.3) is 10.6 Å². The van der Waals surface area contributed by atoms with E-state index in [9.17, 15) is 4.79 Å². The van der Waals surface area contributed by atoms with Gasteiger partial charge in [-0.15, -0.1) is 11.3 Å². The van der Waals surface area contributed by atoms with Crippen LogP contribution < -0.4 is 19.7 Å². The molecule has 1 atom stereocenters. The molecule has 3 aromatic rings. The second-order valence-corrected chi connectivity index (χ2v) is 9.29. The van der Waals surface area contributed by atoms with Gasteiger partial charge in [-0.3, -0.25) is 4.79 Å². The Morgan fingerprint density at radius 2 is 2.09 bits per heavy atom. The molecule has 3 heterocycles. The summed E-state index contributed by atoms with van der Waals surface area (Å²) in [5, 5.41) is 4.79. The number of benzene rings is 2. The number of hydrogen-bond donors (Lipinski definition) is 1. The zero-order chi connectivity index (χ0) is 22.8. The first-order valence-corrected chi connectivity index (χ1v) is 12.0. The van der Waals surface area contributed by atoms with E-state index >= 15 is 0 Å². The van der Waals surface area contributed by atoms with Gasteiger partial charge in [0, 0.05) is 48.4 Å². The van der Waals surface area contributed by atoms with Crippen LogP contribution in [0, 0.1) is 0 Å². The van der Waals surface area contributed by atoms with Crippen molar-refractivity contribution in [2.75, 3.05) is 44.9 Å². The first-order chi connectivity index (χ1) is 16.1. The third-order valence-corrected chi connectivity index (χ3v) is 7.07. The number of halogens is 1. The molecule has 7 nitrogen and oxygen atoms in total. The number of aromatic nitrogens is 1. The van der Waals surface area contributed by atoms with Gasteiger partial charge in [0.25, 0.3) is 5.91 Å². The Bertz CT molecular complexity index is 1150. The van der Waals surface area contributed by atoms with Crippen LogP contribution in [-0.2, 0) is 11.2 Å². The van der Waals surface area contributed by atoms with E-state index in [1.165, 1.54) is 11.3 Å². The molecule has 2 aliphatic rings. The fourth-order valence-electron chi connectivity index (χ4n) is 3.95. The highest BCUT2D eigenvalue weighted by molar-refractivity contribution is 7.17. The average Bonchev–Trinajstić information content (AvgIpc) is 3.29. The van der Waals surface area contributed by atoms with Crippen LogP contribution in [0.3, 0.4) is 0 Å². The molecule has 33 heavy (non-hydrogen) atoms. The fraction of sp³-hybridized carbons (Fsp3) is 0.333. The third-order valence-electron chi connectivity index (χ3n) is 5.69. The standard InChI is InChI=1S/C24H24ClN3O4S/c1-30-21-12-17(6-7-20(21)32-14-18-13-26-9-11-31-18)28-10-8-19-22(24(28)29)33-23(27-19)15-2-4-16(25)5-3-15/h2-7,12,18,26H,8-11,13-14H2,1H3/t18-/m1/s1. The molecule has 2 aliphatic heterocycles. The van der Waals surface area contributed by atoms with Crippen molar-refractivity contribution in [1.29, 1.82) is 0 Å². The summed E-state index contributed by atoms with van der Waals surface area (Å²) < 4.78 is 17.2. The predicted molar refractivity (Wildman–Crippen MR) is 129 cm³/mol. The lowest BCUT2D eigenvalue weighted by Crippen LogP contribution is -2.41. The summed E-state index contributed by atoms with van der Waals surface area (Å²) in [6.07, 6.45) is 0.698. The fourth-order valence-corrected chi connectivity index (χ4v) is 5.14. The van der Waals surface area contributed by atoms with E-state index in [1.807, 2.05) is 42.5 Å². The highest BCUT2D eigenvalue weighted by atomic mass is 35.5. The Labute approximate surface area is 201 Å². The zero-order valence-electron chi connectivity index (χ0n) is 18.2. The van der Waals surface area contributed by atoms with Crippen molar-refractivity contribution >= 4 is 34.5 Å². The summed E-state index contributed by atoms with van der Waals surface area (Å²) in [6, 6.07) is 13.1. The maximum absolute atomic E-state index is 13.3. The van der Waals surface area contributed by atoms with Crippen molar-refractivity contribution < 1.29 is 19.0 Å². The number of rotatable bonds is 6. The van der Waals surface area contributed by atoms with E-state index in [4.69, 9.17) is 30.8 Å². The minimum absolute atomic E-state index is 0.00592. The molecule has 0 bridgehead atoms. The molecule has 9 heteroatoms. The maximum atomic E-state index is 13.3. The summed E-state index contributed by atoms with van der Waals surface area (Å²) in [7, 11) is 1.60. The number of carbonyl (C=O) groups excluding carboxylic acids is 1. The average molecular weight is 486 g/mol. The molecule has 1 aromatic heterocycles. The van der Waals surface area contributed by atoms with Gasteiger partial charge in [0.05, 0.1) is 19.4 Å². The van der Waals surface area contributed by atoms with Gasteiger partial charge in [0.15, 0.2) is 11.5 Å². The molecule has 1 saturated heterocycles. The highest BCUT2D eigenvalue weighted by Crippen LogP contribution is 2.37. The van der Waals surface area contributed by atoms with Gasteiger partial charge >= 0.3 is 0 Å². The lowest BCUT2D eigenvalue weighted by atomic mass is 10.1. The normalized spacial score (nSPS) is 18.2. The Morgan fingerprint density at radius 1 is 1.24 bits per heavy atom. The van der Waals surface area contributed by atoms with E-state index in [0.29, 0.717) is 47.6 Å². The van der Waals surface area contributed by atoms with Gasteiger partial charge in [0.1, 0.15) is 22.6 Å². The van der Waals surface area contributed by atoms with Crippen LogP contribution >= 0.6 is 22.9 Å². The summed E-state index contributed by atoms with van der Waals surface area (Å²) in [4.78, 5) is 20.5. The van der Waals surface area contributed by atoms with E-state index in [2.05, 4.69) is 5.32 Å². The number of morpholine rings is 1. The Hall–Kier alpha value is -2.65. The predicted octanol–water partition coefficient (Wildman–Crippen LogP) is 4.04. The number of amides is 1. The number of methoxy groups -OCH3 is 1. The molecule has 0 aliphatic carbocycles. The van der Waals surface area contributed by atoms with Crippen molar-refractivity contribution in [3.8, 4) is 22.1 Å². The third kappa shape index (κ3) is 4.70. The molecule has 0 saturated carbocycles. The molecule has 1 fully saturated rings. The molecule has 0 radical (unpaired) electrons. The lowest BCUT2D eigenvalue weighted by Gasteiger charge is -2.27. The number of hydrogen-bond acceptors (Lipinski definition) is 7. The van der Waals surface area contributed by atoms with Gasteiger partial charge in [-0.1, -0.05) is 23.7 Å². The van der Waals surface area contributed by atoms with Gasteiger partial charge in [-0.05, 0) is 24.3 Å². The largest absolute Gasteiger partial charge is 0.493 e. The minimum Gasteiger partial charge on any atom is -0.493 e. The summed E-state index contributed by atoms with van der Waals surface area (Å²) >= 11 is 7.42. The van der Waals surface area contributed by atoms with Crippen LogP contribution in [0.5, 0.6) is 11.5 Å². The highest BCUT2D eigenvalue weighted by Gasteiger charge is 2.30. The Balaban J connectivity index is 1.33. The van der Waals surface area contributed by atoms with Crippen LogP contribution in [-0.4, -0.2) is 57.0 Å². The van der Waals surface area contributed by atoms with E-state index in [1.54, 1.807) is 12.0 Å². The topological polar surface area (TPSA) is 72.9 Å². The maximum Gasteiger partial charge on any atom is 0.270 e. The monoisotopic (exact) mass is 485 g/mol. The van der Waals surface area contributed by atoms with Crippen molar-refractivity contribution in [3.05, 3.63) is 58.1 Å². The number of carbonyl (C=O) groups is 1. The van der Waals surface area contributed by atoms with Crippen molar-refractivity contribution in [3.63, 3.8) is 0 Å². The number of anilines is 1. The van der Waals surface area contributed by atoms with E-state index < -0.39 is 0 Å². The molecule has 172 valence electrons. The molecule has 2 aromatic carbocycles. The number of fused-ring (bicyclic) bond motifs is 1. The Kier molecular flexibility index (Phi) is 6.50. The minimum atomic E-state index is -0.0497. The van der Waals surface area contributed by atoms with Crippen LogP contribution in [0.2, 0.25) is 5.02 Å². The number of nitrogens with one attached hydrogen (secondary N) is 1. The summed E-state index contributed by atoms with van der Waals surface area (Å²) in [5.41, 5.74) is 2.57. The molecular formula is C24H24ClN3O4S. The van der Waals surface area contributed by atoms with Gasteiger partial charge in [-0.2, -0.15) is 0 Å². The van der Waals surface area contributed by atoms with Crippen molar-refractivity contribution in [2.24, 2.45) is 0 Å². The summed E-state index contributed by atoms with van der Waals surface area (Å²) in [6.45, 7) is 3.29. The van der Waals surface area contributed by atoms with Gasteiger partial charge in [-0.25, -0.2) is 4.98 Å². The zero-order valence-corrected chi connectivity index (χ0v) is 19.7. The summed E-state index contributed by atoms with van der Waals surface area (Å²) in [5.74, 6) is 1.16. The van der Waals surface area contributed by atoms with Crippen LogP contribution in [0.15, 0.2) is 42.5 Å². The molecule has 1 amide bonds. The number of thiazole rings is 1. The van der Waals surface area contributed by atoms with E-state index in [0.717, 1.165) is 35.0 Å². The SMILES string of the molecule is COc1cc(N2CCc3nc(-c4ccc(Cl)cc4)sc3C2=O)ccc1OC[C@H]1CNCCO1. The first-order valence-electron chi connectivity index (χ1n) is 10.8. The quantitative estimate of drug-likeness (QED) is 0.568.